The molecule has 0 unspecified atom stereocenters. The third-order valence-corrected chi connectivity index (χ3v) is 6.56. The maximum atomic E-state index is 12.8. The highest BCUT2D eigenvalue weighted by molar-refractivity contribution is 5.92. The van der Waals surface area contributed by atoms with Gasteiger partial charge in [0.2, 0.25) is 0 Å². The van der Waals surface area contributed by atoms with Crippen molar-refractivity contribution in [2.24, 2.45) is 5.41 Å². The number of hydrogen-bond donors (Lipinski definition) is 0. The maximum Gasteiger partial charge on any atom is 0.174 e. The number of hydrogen-bond acceptors (Lipinski definition) is 5. The lowest BCUT2D eigenvalue weighted by Gasteiger charge is -2.46. The second kappa shape index (κ2) is 4.28. The Bertz CT molecular complexity index is 717. The van der Waals surface area contributed by atoms with Crippen molar-refractivity contribution in [3.8, 4) is 11.5 Å². The number of Topliss-reactive ketones (excluding diaryl/α,β-unsaturated/α-hetero) is 1. The summed E-state index contributed by atoms with van der Waals surface area (Å²) < 4.78 is 11.8. The molecule has 1 saturated carbocycles. The van der Waals surface area contributed by atoms with Crippen molar-refractivity contribution >= 4 is 5.78 Å². The van der Waals surface area contributed by atoms with Gasteiger partial charge in [-0.2, -0.15) is 5.06 Å². The SMILES string of the molecule is COc1ccc2c3c1O[C@H]1C(=O)C[C@]4(CC2)CON(C)CC[C@]314. The Hall–Kier alpha value is -1.59. The van der Waals surface area contributed by atoms with E-state index in [2.05, 4.69) is 6.07 Å². The molecule has 3 atom stereocenters. The fraction of sp³-hybridized carbons (Fsp3) is 0.611. The molecule has 2 fully saturated rings. The Morgan fingerprint density at radius 2 is 2.22 bits per heavy atom. The third-order valence-electron chi connectivity index (χ3n) is 6.56. The predicted molar refractivity (Wildman–Crippen MR) is 82.7 cm³/mol. The number of benzene rings is 1. The average molecular weight is 315 g/mol. The number of rotatable bonds is 1. The highest BCUT2D eigenvalue weighted by Gasteiger charge is 2.71. The molecular formula is C18H21NO4. The molecule has 122 valence electrons. The monoisotopic (exact) mass is 315 g/mol. The standard InChI is InChI=1S/C18H21NO4/c1-19-8-7-18-14-11-3-4-13(21-2)15(14)23-16(18)12(20)9-17(18,6-5-11)10-22-19/h3-4,16H,5-10H2,1-2H3/t16-,17+,18-/m0/s1. The zero-order valence-corrected chi connectivity index (χ0v) is 13.6. The van der Waals surface area contributed by atoms with E-state index >= 15 is 0 Å². The number of methoxy groups -OCH3 is 1. The first-order valence-corrected chi connectivity index (χ1v) is 8.35. The van der Waals surface area contributed by atoms with Crippen LogP contribution in [0.4, 0.5) is 0 Å². The quantitative estimate of drug-likeness (QED) is 0.792. The minimum Gasteiger partial charge on any atom is -0.493 e. The molecule has 1 aromatic rings. The second-order valence-electron chi connectivity index (χ2n) is 7.40. The number of aryl methyl sites for hydroxylation is 1. The molecule has 2 heterocycles. The molecule has 4 aliphatic rings. The highest BCUT2D eigenvalue weighted by Crippen LogP contribution is 2.68. The average Bonchev–Trinajstić information content (AvgIpc) is 2.97. The Morgan fingerprint density at radius 3 is 3.04 bits per heavy atom. The molecule has 1 aromatic carbocycles. The van der Waals surface area contributed by atoms with Gasteiger partial charge in [0.1, 0.15) is 0 Å². The van der Waals surface area contributed by atoms with Gasteiger partial charge in [-0.15, -0.1) is 0 Å². The molecule has 5 rings (SSSR count). The Labute approximate surface area is 135 Å². The van der Waals surface area contributed by atoms with E-state index in [1.807, 2.05) is 18.2 Å². The highest BCUT2D eigenvalue weighted by atomic mass is 16.7. The molecule has 5 nitrogen and oxygen atoms in total. The Balaban J connectivity index is 1.81. The summed E-state index contributed by atoms with van der Waals surface area (Å²) in [7, 11) is 3.64. The first kappa shape index (κ1) is 13.8. The van der Waals surface area contributed by atoms with Crippen LogP contribution in [0.25, 0.3) is 0 Å². The van der Waals surface area contributed by atoms with Crippen molar-refractivity contribution in [2.45, 2.75) is 37.2 Å². The number of carbonyl (C=O) groups excluding carboxylic acids is 1. The van der Waals surface area contributed by atoms with Crippen LogP contribution >= 0.6 is 0 Å². The smallest absolute Gasteiger partial charge is 0.174 e. The molecule has 5 heteroatoms. The Morgan fingerprint density at radius 1 is 1.35 bits per heavy atom. The molecule has 1 saturated heterocycles. The minimum absolute atomic E-state index is 0.135. The van der Waals surface area contributed by atoms with Crippen molar-refractivity contribution < 1.29 is 19.1 Å². The van der Waals surface area contributed by atoms with E-state index in [0.29, 0.717) is 13.0 Å². The minimum atomic E-state index is -0.372. The van der Waals surface area contributed by atoms with Gasteiger partial charge in [0.25, 0.3) is 0 Å². The first-order chi connectivity index (χ1) is 11.1. The summed E-state index contributed by atoms with van der Waals surface area (Å²) in [6.07, 6.45) is 3.06. The molecule has 2 aliphatic heterocycles. The van der Waals surface area contributed by atoms with Crippen molar-refractivity contribution in [3.63, 3.8) is 0 Å². The number of ketones is 1. The van der Waals surface area contributed by atoms with Gasteiger partial charge in [0, 0.05) is 31.0 Å². The van der Waals surface area contributed by atoms with Crippen LogP contribution in [-0.4, -0.2) is 44.3 Å². The molecule has 0 aromatic heterocycles. The van der Waals surface area contributed by atoms with Crippen molar-refractivity contribution in [2.75, 3.05) is 27.3 Å². The topological polar surface area (TPSA) is 48.0 Å². The van der Waals surface area contributed by atoms with Gasteiger partial charge in [-0.1, -0.05) is 6.07 Å². The van der Waals surface area contributed by atoms with E-state index in [9.17, 15) is 4.79 Å². The summed E-state index contributed by atoms with van der Waals surface area (Å²) >= 11 is 0. The van der Waals surface area contributed by atoms with E-state index in [1.54, 1.807) is 7.11 Å². The van der Waals surface area contributed by atoms with Crippen LogP contribution in [0, 0.1) is 5.41 Å². The number of nitrogens with zero attached hydrogens (tertiary/aromatic N) is 1. The Kier molecular flexibility index (Phi) is 2.57. The lowest BCUT2D eigenvalue weighted by atomic mass is 9.54. The first-order valence-electron chi connectivity index (χ1n) is 8.35. The van der Waals surface area contributed by atoms with Crippen LogP contribution in [0.15, 0.2) is 12.1 Å². The molecule has 23 heavy (non-hydrogen) atoms. The van der Waals surface area contributed by atoms with Gasteiger partial charge in [0.05, 0.1) is 19.1 Å². The lowest BCUT2D eigenvalue weighted by molar-refractivity contribution is -0.158. The van der Waals surface area contributed by atoms with Crippen LogP contribution in [0.3, 0.4) is 0 Å². The van der Waals surface area contributed by atoms with Gasteiger partial charge in [-0.05, 0) is 30.9 Å². The number of hydroxylamine groups is 2. The maximum absolute atomic E-state index is 12.8. The van der Waals surface area contributed by atoms with Gasteiger partial charge < -0.3 is 9.47 Å². The fourth-order valence-corrected chi connectivity index (χ4v) is 5.49. The van der Waals surface area contributed by atoms with E-state index < -0.39 is 0 Å². The predicted octanol–water partition coefficient (Wildman–Crippen LogP) is 1.87. The molecule has 2 aliphatic carbocycles. The van der Waals surface area contributed by atoms with Gasteiger partial charge in [-0.3, -0.25) is 9.63 Å². The number of ether oxygens (including phenoxy) is 2. The molecular weight excluding hydrogens is 294 g/mol. The van der Waals surface area contributed by atoms with Gasteiger partial charge in [-0.25, -0.2) is 0 Å². The summed E-state index contributed by atoms with van der Waals surface area (Å²) in [5, 5.41) is 1.92. The van der Waals surface area contributed by atoms with Crippen LogP contribution in [0.5, 0.6) is 11.5 Å². The molecule has 1 spiro atoms. The molecule has 0 N–H and O–H groups in total. The summed E-state index contributed by atoms with van der Waals surface area (Å²) in [5.74, 6) is 1.77. The zero-order valence-electron chi connectivity index (χ0n) is 13.6. The summed E-state index contributed by atoms with van der Waals surface area (Å²) in [6, 6.07) is 4.13. The fourth-order valence-electron chi connectivity index (χ4n) is 5.49. The van der Waals surface area contributed by atoms with Crippen LogP contribution < -0.4 is 9.47 Å². The van der Waals surface area contributed by atoms with Crippen LogP contribution in [-0.2, 0) is 21.5 Å². The number of carbonyl (C=O) groups is 1. The molecule has 0 bridgehead atoms. The van der Waals surface area contributed by atoms with E-state index in [-0.39, 0.29) is 22.7 Å². The van der Waals surface area contributed by atoms with Crippen LogP contribution in [0.2, 0.25) is 0 Å². The largest absolute Gasteiger partial charge is 0.493 e. The zero-order chi connectivity index (χ0) is 15.8. The van der Waals surface area contributed by atoms with Crippen molar-refractivity contribution in [1.29, 1.82) is 0 Å². The summed E-state index contributed by atoms with van der Waals surface area (Å²) in [5.41, 5.74) is 2.17. The normalized spacial score (nSPS) is 37.8. The molecule has 0 radical (unpaired) electrons. The second-order valence-corrected chi connectivity index (χ2v) is 7.40. The van der Waals surface area contributed by atoms with Gasteiger partial charge >= 0.3 is 0 Å². The summed E-state index contributed by atoms with van der Waals surface area (Å²) in [4.78, 5) is 18.8. The van der Waals surface area contributed by atoms with E-state index in [4.69, 9.17) is 14.3 Å². The summed E-state index contributed by atoms with van der Waals surface area (Å²) in [6.45, 7) is 1.41. The van der Waals surface area contributed by atoms with Gasteiger partial charge in [0.15, 0.2) is 23.4 Å². The van der Waals surface area contributed by atoms with E-state index in [1.165, 1.54) is 11.1 Å². The molecule has 0 amide bonds. The third kappa shape index (κ3) is 1.44. The van der Waals surface area contributed by atoms with Crippen molar-refractivity contribution in [3.05, 3.63) is 23.3 Å². The van der Waals surface area contributed by atoms with Crippen LogP contribution in [0.1, 0.15) is 30.4 Å². The van der Waals surface area contributed by atoms with E-state index in [0.717, 1.165) is 37.3 Å². The van der Waals surface area contributed by atoms with Crippen molar-refractivity contribution in [1.82, 2.24) is 5.06 Å². The lowest BCUT2D eigenvalue weighted by Crippen LogP contribution is -2.51.